The van der Waals surface area contributed by atoms with Crippen molar-refractivity contribution in [1.82, 2.24) is 0 Å². The minimum absolute atomic E-state index is 0.185. The average Bonchev–Trinajstić information content (AvgIpc) is 2.62. The van der Waals surface area contributed by atoms with Crippen LogP contribution >= 0.6 is 0 Å². The summed E-state index contributed by atoms with van der Waals surface area (Å²) < 4.78 is 18.8. The van der Waals surface area contributed by atoms with Gasteiger partial charge >= 0.3 is 5.97 Å². The SMILES string of the molecule is CCCCC[C@H](C/C=C(\C)[C@@H](O[Si](C)(C)C)C(C)(C)C(=O)OCC)O[Si](C)(C)C(C)(C)C. The van der Waals surface area contributed by atoms with E-state index in [1.807, 2.05) is 20.8 Å². The molecule has 2 atom stereocenters. The molecule has 0 spiro atoms. The van der Waals surface area contributed by atoms with Gasteiger partial charge in [-0.2, -0.15) is 0 Å². The zero-order valence-electron chi connectivity index (χ0n) is 23.6. The minimum atomic E-state index is -1.88. The summed E-state index contributed by atoms with van der Waals surface area (Å²) in [4.78, 5) is 12.8. The van der Waals surface area contributed by atoms with Crippen molar-refractivity contribution in [1.29, 1.82) is 0 Å². The molecule has 0 aliphatic heterocycles. The van der Waals surface area contributed by atoms with E-state index in [4.69, 9.17) is 13.6 Å². The molecule has 6 heteroatoms. The van der Waals surface area contributed by atoms with Crippen LogP contribution in [0.15, 0.2) is 11.6 Å². The smallest absolute Gasteiger partial charge is 0.314 e. The molecule has 32 heavy (non-hydrogen) atoms. The second kappa shape index (κ2) is 12.9. The summed E-state index contributed by atoms with van der Waals surface area (Å²) in [6.45, 7) is 28.5. The Morgan fingerprint density at radius 1 is 0.938 bits per heavy atom. The second-order valence-corrected chi connectivity index (χ2v) is 21.4. The van der Waals surface area contributed by atoms with E-state index in [9.17, 15) is 4.79 Å². The van der Waals surface area contributed by atoms with E-state index >= 15 is 0 Å². The highest BCUT2D eigenvalue weighted by Gasteiger charge is 2.42. The van der Waals surface area contributed by atoms with Crippen LogP contribution in [0.25, 0.3) is 0 Å². The van der Waals surface area contributed by atoms with Crippen molar-refractivity contribution in [2.24, 2.45) is 5.41 Å². The van der Waals surface area contributed by atoms with Crippen LogP contribution in [-0.4, -0.2) is 41.4 Å². The molecule has 0 unspecified atom stereocenters. The molecule has 0 aromatic rings. The number of ether oxygens (including phenoxy) is 1. The molecule has 0 fully saturated rings. The summed E-state index contributed by atoms with van der Waals surface area (Å²) in [5.74, 6) is -0.201. The van der Waals surface area contributed by atoms with Crippen LogP contribution in [0.2, 0.25) is 37.8 Å². The van der Waals surface area contributed by atoms with Crippen molar-refractivity contribution in [2.75, 3.05) is 6.61 Å². The normalized spacial score (nSPS) is 16.1. The van der Waals surface area contributed by atoms with Gasteiger partial charge in [-0.15, -0.1) is 0 Å². The fourth-order valence-electron chi connectivity index (χ4n) is 3.45. The van der Waals surface area contributed by atoms with Gasteiger partial charge in [0.1, 0.15) is 0 Å². The van der Waals surface area contributed by atoms with Gasteiger partial charge in [-0.05, 0) is 83.9 Å². The molecule has 0 radical (unpaired) electrons. The molecule has 0 saturated carbocycles. The van der Waals surface area contributed by atoms with E-state index in [2.05, 4.69) is 73.4 Å². The van der Waals surface area contributed by atoms with Gasteiger partial charge < -0.3 is 13.6 Å². The van der Waals surface area contributed by atoms with Gasteiger partial charge in [-0.3, -0.25) is 4.79 Å². The molecule has 0 rings (SSSR count). The maximum atomic E-state index is 12.8. The number of unbranched alkanes of at least 4 members (excludes halogenated alkanes) is 2. The van der Waals surface area contributed by atoms with Crippen LogP contribution in [0.4, 0.5) is 0 Å². The summed E-state index contributed by atoms with van der Waals surface area (Å²) in [7, 11) is -3.74. The Morgan fingerprint density at radius 2 is 1.50 bits per heavy atom. The van der Waals surface area contributed by atoms with Crippen LogP contribution in [0.5, 0.6) is 0 Å². The fraction of sp³-hybridized carbons (Fsp3) is 0.885. The van der Waals surface area contributed by atoms with Crippen molar-refractivity contribution in [3.8, 4) is 0 Å². The number of carbonyl (C=O) groups is 1. The van der Waals surface area contributed by atoms with Gasteiger partial charge in [0.25, 0.3) is 0 Å². The number of rotatable bonds is 14. The summed E-state index contributed by atoms with van der Waals surface area (Å²) in [6, 6.07) is 0. The van der Waals surface area contributed by atoms with Gasteiger partial charge in [0.15, 0.2) is 16.6 Å². The average molecular weight is 487 g/mol. The summed E-state index contributed by atoms with van der Waals surface area (Å²) in [6.07, 6.45) is 7.73. The summed E-state index contributed by atoms with van der Waals surface area (Å²) in [5, 5.41) is 0.185. The van der Waals surface area contributed by atoms with Gasteiger partial charge in [-0.25, -0.2) is 0 Å². The van der Waals surface area contributed by atoms with Gasteiger partial charge in [0, 0.05) is 6.10 Å². The molecule has 0 aliphatic carbocycles. The quantitative estimate of drug-likeness (QED) is 0.108. The Balaban J connectivity index is 5.81. The van der Waals surface area contributed by atoms with Crippen molar-refractivity contribution in [3.05, 3.63) is 11.6 Å². The van der Waals surface area contributed by atoms with Crippen LogP contribution in [-0.2, 0) is 18.4 Å². The highest BCUT2D eigenvalue weighted by Crippen LogP contribution is 2.39. The molecule has 0 aromatic carbocycles. The van der Waals surface area contributed by atoms with E-state index in [-0.39, 0.29) is 23.2 Å². The van der Waals surface area contributed by atoms with Crippen LogP contribution in [0, 0.1) is 5.41 Å². The van der Waals surface area contributed by atoms with Crippen molar-refractivity contribution in [3.63, 3.8) is 0 Å². The van der Waals surface area contributed by atoms with Gasteiger partial charge in [0.05, 0.1) is 18.1 Å². The first-order valence-corrected chi connectivity index (χ1v) is 18.9. The first-order chi connectivity index (χ1) is 14.4. The van der Waals surface area contributed by atoms with E-state index in [0.29, 0.717) is 6.61 Å². The third-order valence-corrected chi connectivity index (χ3v) is 11.9. The van der Waals surface area contributed by atoms with Crippen molar-refractivity contribution in [2.45, 2.75) is 137 Å². The third-order valence-electron chi connectivity index (χ3n) is 6.44. The fourth-order valence-corrected chi connectivity index (χ4v) is 6.04. The first kappa shape index (κ1) is 31.6. The number of hydrogen-bond acceptors (Lipinski definition) is 4. The predicted octanol–water partition coefficient (Wildman–Crippen LogP) is 8.10. The number of carbonyl (C=O) groups excluding carboxylic acids is 1. The Morgan fingerprint density at radius 3 is 1.94 bits per heavy atom. The molecule has 0 saturated heterocycles. The lowest BCUT2D eigenvalue weighted by atomic mass is 9.82. The highest BCUT2D eigenvalue weighted by atomic mass is 28.4. The van der Waals surface area contributed by atoms with Crippen LogP contribution in [0.3, 0.4) is 0 Å². The third kappa shape index (κ3) is 10.7. The van der Waals surface area contributed by atoms with Gasteiger partial charge in [0.2, 0.25) is 0 Å². The van der Waals surface area contributed by atoms with E-state index in [1.165, 1.54) is 19.3 Å². The number of esters is 1. The zero-order valence-corrected chi connectivity index (χ0v) is 25.6. The molecule has 0 amide bonds. The molecular weight excluding hydrogens is 432 g/mol. The summed E-state index contributed by atoms with van der Waals surface area (Å²) in [5.41, 5.74) is 0.360. The molecule has 190 valence electrons. The molecule has 0 N–H and O–H groups in total. The topological polar surface area (TPSA) is 44.8 Å². The van der Waals surface area contributed by atoms with Crippen LogP contribution in [0.1, 0.15) is 87.5 Å². The van der Waals surface area contributed by atoms with Crippen molar-refractivity contribution >= 4 is 22.6 Å². The molecule has 4 nitrogen and oxygen atoms in total. The lowest BCUT2D eigenvalue weighted by molar-refractivity contribution is -0.157. The monoisotopic (exact) mass is 486 g/mol. The number of hydrogen-bond donors (Lipinski definition) is 0. The largest absolute Gasteiger partial charge is 0.465 e. The Hall–Kier alpha value is -0.436. The maximum Gasteiger partial charge on any atom is 0.314 e. The standard InChI is InChI=1S/C26H54O4Si2/c1-14-16-17-18-22(29-32(12,13)25(4,5)6)20-19-21(3)23(30-31(9,10)11)26(7,8)24(27)28-15-2/h19,22-23H,14-18,20H2,1-13H3/b21-19+/t22-,23-/m1/s1. The van der Waals surface area contributed by atoms with E-state index < -0.39 is 22.0 Å². The van der Waals surface area contributed by atoms with Crippen LogP contribution < -0.4 is 0 Å². The maximum absolute atomic E-state index is 12.8. The van der Waals surface area contributed by atoms with E-state index in [1.54, 1.807) is 0 Å². The van der Waals surface area contributed by atoms with E-state index in [0.717, 1.165) is 18.4 Å². The van der Waals surface area contributed by atoms with Gasteiger partial charge in [-0.1, -0.05) is 53.0 Å². The molecule has 0 bridgehead atoms. The molecule has 0 aromatic heterocycles. The molecular formula is C26H54O4Si2. The zero-order chi connectivity index (χ0) is 25.4. The highest BCUT2D eigenvalue weighted by molar-refractivity contribution is 6.74. The lowest BCUT2D eigenvalue weighted by Crippen LogP contribution is -2.46. The lowest BCUT2D eigenvalue weighted by Gasteiger charge is -2.40. The predicted molar refractivity (Wildman–Crippen MR) is 143 cm³/mol. The molecule has 0 heterocycles. The second-order valence-electron chi connectivity index (χ2n) is 12.2. The summed E-state index contributed by atoms with van der Waals surface area (Å²) >= 11 is 0. The van der Waals surface area contributed by atoms with Crippen molar-refractivity contribution < 1.29 is 18.4 Å². The molecule has 0 aliphatic rings. The minimum Gasteiger partial charge on any atom is -0.465 e. The Labute approximate surface area is 202 Å². The Kier molecular flexibility index (Phi) is 12.7. The Bertz CT molecular complexity index is 598. The first-order valence-electron chi connectivity index (χ1n) is 12.6.